The van der Waals surface area contributed by atoms with Crippen molar-refractivity contribution in [2.75, 3.05) is 13.2 Å². The number of carbonyl (C=O) groups excluding carboxylic acids is 1. The Kier molecular flexibility index (Phi) is 4.99. The molecule has 0 aliphatic carbocycles. The summed E-state index contributed by atoms with van der Waals surface area (Å²) in [6, 6.07) is 6.12. The minimum absolute atomic E-state index is 0.00558. The van der Waals surface area contributed by atoms with Crippen LogP contribution in [0.15, 0.2) is 29.8 Å². The van der Waals surface area contributed by atoms with E-state index in [9.17, 15) is 18.0 Å². The number of esters is 1. The van der Waals surface area contributed by atoms with Gasteiger partial charge in [-0.15, -0.1) is 0 Å². The molecule has 0 N–H and O–H groups in total. The lowest BCUT2D eigenvalue weighted by Gasteiger charge is -2.38. The summed E-state index contributed by atoms with van der Waals surface area (Å²) in [5, 5.41) is 0. The van der Waals surface area contributed by atoms with E-state index in [1.165, 1.54) is 13.0 Å². The lowest BCUT2D eigenvalue weighted by Crippen LogP contribution is -2.57. The topological polar surface area (TPSA) is 44.8 Å². The van der Waals surface area contributed by atoms with Crippen molar-refractivity contribution in [2.45, 2.75) is 32.2 Å². The van der Waals surface area contributed by atoms with Crippen molar-refractivity contribution in [3.05, 3.63) is 35.4 Å². The number of hydrogen-bond acceptors (Lipinski definition) is 4. The van der Waals surface area contributed by atoms with Crippen LogP contribution in [0.1, 0.15) is 25.8 Å². The first-order valence-electron chi connectivity index (χ1n) is 7.23. The van der Waals surface area contributed by atoms with Gasteiger partial charge in [-0.25, -0.2) is 4.79 Å². The number of alkyl halides is 3. The number of para-hydroxylation sites is 1. The van der Waals surface area contributed by atoms with E-state index in [2.05, 4.69) is 0 Å². The van der Waals surface area contributed by atoms with Crippen LogP contribution in [0, 0.1) is 0 Å². The second-order valence-corrected chi connectivity index (χ2v) is 4.88. The number of carbonyl (C=O) groups is 1. The Morgan fingerprint density at radius 3 is 2.57 bits per heavy atom. The SMILES string of the molecule is CCCOC1(C(F)(F)F)Oc2ccccc2C=C1C(=O)OCC. The quantitative estimate of drug-likeness (QED) is 0.772. The molecule has 1 aliphatic rings. The summed E-state index contributed by atoms with van der Waals surface area (Å²) in [7, 11) is 0. The van der Waals surface area contributed by atoms with Gasteiger partial charge in [-0.3, -0.25) is 0 Å². The first-order valence-corrected chi connectivity index (χ1v) is 7.23. The van der Waals surface area contributed by atoms with Crippen molar-refractivity contribution >= 4 is 12.0 Å². The molecule has 0 saturated heterocycles. The number of halogens is 3. The molecule has 1 heterocycles. The molecule has 23 heavy (non-hydrogen) atoms. The molecule has 126 valence electrons. The lowest BCUT2D eigenvalue weighted by molar-refractivity contribution is -0.334. The van der Waals surface area contributed by atoms with Crippen molar-refractivity contribution in [1.82, 2.24) is 0 Å². The van der Waals surface area contributed by atoms with E-state index >= 15 is 0 Å². The monoisotopic (exact) mass is 330 g/mol. The maximum Gasteiger partial charge on any atom is 0.460 e. The van der Waals surface area contributed by atoms with Gasteiger partial charge in [-0.2, -0.15) is 13.2 Å². The molecular formula is C16H17F3O4. The lowest BCUT2D eigenvalue weighted by atomic mass is 9.97. The minimum atomic E-state index is -4.95. The van der Waals surface area contributed by atoms with Crippen LogP contribution in [0.3, 0.4) is 0 Å². The summed E-state index contributed by atoms with van der Waals surface area (Å²) < 4.78 is 56.2. The highest BCUT2D eigenvalue weighted by atomic mass is 19.4. The van der Waals surface area contributed by atoms with E-state index in [0.29, 0.717) is 12.0 Å². The normalized spacial score (nSPS) is 20.3. The zero-order valence-corrected chi connectivity index (χ0v) is 12.8. The molecule has 0 saturated carbocycles. The average Bonchev–Trinajstić information content (AvgIpc) is 2.51. The van der Waals surface area contributed by atoms with Gasteiger partial charge in [-0.1, -0.05) is 25.1 Å². The van der Waals surface area contributed by atoms with E-state index in [1.54, 1.807) is 25.1 Å². The van der Waals surface area contributed by atoms with Gasteiger partial charge in [0.25, 0.3) is 0 Å². The molecule has 1 aromatic carbocycles. The van der Waals surface area contributed by atoms with Gasteiger partial charge in [-0.05, 0) is 25.5 Å². The zero-order valence-electron chi connectivity index (χ0n) is 12.8. The molecule has 1 aromatic rings. The van der Waals surface area contributed by atoms with Crippen LogP contribution >= 0.6 is 0 Å². The molecular weight excluding hydrogens is 313 g/mol. The van der Waals surface area contributed by atoms with E-state index < -0.39 is 23.5 Å². The Morgan fingerprint density at radius 1 is 1.26 bits per heavy atom. The predicted molar refractivity (Wildman–Crippen MR) is 76.7 cm³/mol. The van der Waals surface area contributed by atoms with Gasteiger partial charge in [0.2, 0.25) is 0 Å². The van der Waals surface area contributed by atoms with E-state index in [0.717, 1.165) is 6.08 Å². The predicted octanol–water partition coefficient (Wildman–Crippen LogP) is 3.71. The van der Waals surface area contributed by atoms with Crippen LogP contribution in [0.25, 0.3) is 6.08 Å². The summed E-state index contributed by atoms with van der Waals surface area (Å²) in [5.41, 5.74) is -0.352. The molecule has 0 spiro atoms. The number of ether oxygens (including phenoxy) is 3. The summed E-state index contributed by atoms with van der Waals surface area (Å²) in [4.78, 5) is 12.1. The molecule has 4 nitrogen and oxygen atoms in total. The highest BCUT2D eigenvalue weighted by molar-refractivity contribution is 5.97. The zero-order chi connectivity index (χ0) is 17.1. The Morgan fingerprint density at radius 2 is 1.96 bits per heavy atom. The van der Waals surface area contributed by atoms with Gasteiger partial charge in [0, 0.05) is 5.56 Å². The standard InChI is InChI=1S/C16H17F3O4/c1-3-9-22-15(16(17,18)19)12(14(20)21-4-2)10-11-7-5-6-8-13(11)23-15/h5-8,10H,3-4,9H2,1-2H3. The van der Waals surface area contributed by atoms with Crippen molar-refractivity contribution < 1.29 is 32.2 Å². The number of rotatable bonds is 5. The van der Waals surface area contributed by atoms with E-state index in [1.807, 2.05) is 0 Å². The molecule has 0 aromatic heterocycles. The molecule has 0 radical (unpaired) electrons. The molecule has 0 amide bonds. The molecule has 1 unspecified atom stereocenters. The van der Waals surface area contributed by atoms with Gasteiger partial charge in [0.05, 0.1) is 13.2 Å². The largest absolute Gasteiger partial charge is 0.462 e. The van der Waals surface area contributed by atoms with Gasteiger partial charge < -0.3 is 14.2 Å². The van der Waals surface area contributed by atoms with Gasteiger partial charge >= 0.3 is 17.9 Å². The molecule has 1 aliphatic heterocycles. The molecule has 7 heteroatoms. The van der Waals surface area contributed by atoms with Gasteiger partial charge in [0.1, 0.15) is 11.3 Å². The maximum absolute atomic E-state index is 13.8. The second-order valence-electron chi connectivity index (χ2n) is 4.88. The fourth-order valence-corrected chi connectivity index (χ4v) is 2.20. The molecule has 0 fully saturated rings. The number of hydrogen-bond donors (Lipinski definition) is 0. The van der Waals surface area contributed by atoms with E-state index in [-0.39, 0.29) is 19.0 Å². The average molecular weight is 330 g/mol. The third-order valence-corrected chi connectivity index (χ3v) is 3.21. The van der Waals surface area contributed by atoms with Crippen LogP contribution in [0.2, 0.25) is 0 Å². The highest BCUT2D eigenvalue weighted by Crippen LogP contribution is 2.46. The van der Waals surface area contributed by atoms with Crippen molar-refractivity contribution in [3.8, 4) is 5.75 Å². The van der Waals surface area contributed by atoms with Gasteiger partial charge in [0.15, 0.2) is 0 Å². The van der Waals surface area contributed by atoms with Crippen LogP contribution < -0.4 is 4.74 Å². The fourth-order valence-electron chi connectivity index (χ4n) is 2.20. The summed E-state index contributed by atoms with van der Waals surface area (Å²) in [6.45, 7) is 2.89. The first-order chi connectivity index (χ1) is 10.9. The Balaban J connectivity index is 2.60. The van der Waals surface area contributed by atoms with Crippen LogP contribution in [-0.2, 0) is 14.3 Å². The number of benzene rings is 1. The molecule has 2 rings (SSSR count). The summed E-state index contributed by atoms with van der Waals surface area (Å²) in [6.07, 6.45) is -3.51. The van der Waals surface area contributed by atoms with Crippen LogP contribution in [0.4, 0.5) is 13.2 Å². The second kappa shape index (κ2) is 6.62. The third-order valence-electron chi connectivity index (χ3n) is 3.21. The number of fused-ring (bicyclic) bond motifs is 1. The van der Waals surface area contributed by atoms with Crippen LogP contribution in [-0.4, -0.2) is 31.1 Å². The Bertz CT molecular complexity index is 610. The third kappa shape index (κ3) is 3.19. The molecule has 1 atom stereocenters. The summed E-state index contributed by atoms with van der Waals surface area (Å²) >= 11 is 0. The Labute approximate surface area is 131 Å². The first kappa shape index (κ1) is 17.3. The summed E-state index contributed by atoms with van der Waals surface area (Å²) in [5.74, 6) is -4.28. The Hall–Kier alpha value is -2.02. The smallest absolute Gasteiger partial charge is 0.460 e. The van der Waals surface area contributed by atoms with Crippen molar-refractivity contribution in [1.29, 1.82) is 0 Å². The van der Waals surface area contributed by atoms with Crippen molar-refractivity contribution in [3.63, 3.8) is 0 Å². The highest BCUT2D eigenvalue weighted by Gasteiger charge is 2.65. The van der Waals surface area contributed by atoms with Crippen LogP contribution in [0.5, 0.6) is 5.75 Å². The molecule has 0 bridgehead atoms. The fraction of sp³-hybridized carbons (Fsp3) is 0.438. The van der Waals surface area contributed by atoms with Crippen molar-refractivity contribution in [2.24, 2.45) is 0 Å². The van der Waals surface area contributed by atoms with E-state index in [4.69, 9.17) is 14.2 Å². The minimum Gasteiger partial charge on any atom is -0.462 e. The maximum atomic E-state index is 13.8.